The third-order valence-corrected chi connectivity index (χ3v) is 1.18. The number of hydrogen-bond acceptors (Lipinski definition) is 2. The normalized spacial score (nSPS) is 8.92. The van der Waals surface area contributed by atoms with Gasteiger partial charge in [0.15, 0.2) is 0 Å². The summed E-state index contributed by atoms with van der Waals surface area (Å²) in [6, 6.07) is -0.263. The third kappa shape index (κ3) is 4.54. The number of urea groups is 1. The molecule has 0 aliphatic carbocycles. The molecule has 3 amide bonds. The zero-order chi connectivity index (χ0) is 9.56. The van der Waals surface area contributed by atoms with Gasteiger partial charge in [-0.1, -0.05) is 0 Å². The molecule has 0 radical (unpaired) electrons. The van der Waals surface area contributed by atoms with E-state index < -0.39 is 0 Å². The second-order valence-electron chi connectivity index (χ2n) is 2.51. The molecular weight excluding hydrogens is 158 g/mol. The van der Waals surface area contributed by atoms with Gasteiger partial charge in [-0.2, -0.15) is 0 Å². The Hall–Kier alpha value is -1.26. The molecule has 70 valence electrons. The van der Waals surface area contributed by atoms with Crippen LogP contribution in [0, 0.1) is 0 Å². The van der Waals surface area contributed by atoms with E-state index in [2.05, 4.69) is 10.6 Å². The van der Waals surface area contributed by atoms with Gasteiger partial charge in [0.1, 0.15) is 0 Å². The van der Waals surface area contributed by atoms with E-state index in [1.165, 1.54) is 4.90 Å². The Morgan fingerprint density at radius 1 is 1.25 bits per heavy atom. The van der Waals surface area contributed by atoms with E-state index in [1.807, 2.05) is 6.92 Å². The predicted octanol–water partition coefficient (Wildman–Crippen LogP) is -0.606. The van der Waals surface area contributed by atoms with Gasteiger partial charge in [0, 0.05) is 20.6 Å². The van der Waals surface area contributed by atoms with Crippen LogP contribution in [0.3, 0.4) is 0 Å². The van der Waals surface area contributed by atoms with Gasteiger partial charge < -0.3 is 15.5 Å². The number of nitrogens with one attached hydrogen (secondary N) is 2. The maximum atomic E-state index is 10.9. The molecule has 5 nitrogen and oxygen atoms in total. The summed E-state index contributed by atoms with van der Waals surface area (Å²) in [4.78, 5) is 23.1. The van der Waals surface area contributed by atoms with Crippen molar-refractivity contribution in [2.45, 2.75) is 6.92 Å². The van der Waals surface area contributed by atoms with Crippen LogP contribution >= 0.6 is 0 Å². The van der Waals surface area contributed by atoms with Gasteiger partial charge in [0.05, 0.1) is 6.54 Å². The summed E-state index contributed by atoms with van der Waals surface area (Å²) in [5, 5.41) is 5.01. The smallest absolute Gasteiger partial charge is 0.317 e. The zero-order valence-corrected chi connectivity index (χ0v) is 7.68. The van der Waals surface area contributed by atoms with Crippen LogP contribution in [-0.4, -0.2) is 44.0 Å². The fraction of sp³-hybridized carbons (Fsp3) is 0.714. The van der Waals surface area contributed by atoms with E-state index in [9.17, 15) is 9.59 Å². The average Bonchev–Trinajstić information content (AvgIpc) is 2.00. The van der Waals surface area contributed by atoms with E-state index in [0.29, 0.717) is 6.54 Å². The van der Waals surface area contributed by atoms with E-state index in [0.717, 1.165) is 0 Å². The minimum atomic E-state index is -0.263. The molecular formula is C7H15N3O2. The van der Waals surface area contributed by atoms with Crippen LogP contribution in [0.2, 0.25) is 0 Å². The number of carbonyl (C=O) groups is 2. The fourth-order valence-corrected chi connectivity index (χ4v) is 0.574. The Kier molecular flexibility index (Phi) is 4.83. The van der Waals surface area contributed by atoms with Crippen LogP contribution in [0.1, 0.15) is 6.92 Å². The highest BCUT2D eigenvalue weighted by molar-refractivity contribution is 5.83. The van der Waals surface area contributed by atoms with Gasteiger partial charge in [0.2, 0.25) is 5.91 Å². The van der Waals surface area contributed by atoms with Crippen molar-refractivity contribution in [3.63, 3.8) is 0 Å². The van der Waals surface area contributed by atoms with Crippen LogP contribution in [0.4, 0.5) is 4.79 Å². The Balaban J connectivity index is 3.54. The zero-order valence-electron chi connectivity index (χ0n) is 7.68. The third-order valence-electron chi connectivity index (χ3n) is 1.18. The van der Waals surface area contributed by atoms with Crippen molar-refractivity contribution in [3.05, 3.63) is 0 Å². The molecule has 0 atom stereocenters. The molecule has 0 saturated carbocycles. The minimum Gasteiger partial charge on any atom is -0.355 e. The molecule has 0 aromatic heterocycles. The quantitative estimate of drug-likeness (QED) is 0.598. The highest BCUT2D eigenvalue weighted by Crippen LogP contribution is 1.75. The summed E-state index contributed by atoms with van der Waals surface area (Å²) < 4.78 is 0. The van der Waals surface area contributed by atoms with Crippen LogP contribution in [0.5, 0.6) is 0 Å². The van der Waals surface area contributed by atoms with Gasteiger partial charge in [-0.05, 0) is 6.92 Å². The van der Waals surface area contributed by atoms with Crippen LogP contribution in [0.25, 0.3) is 0 Å². The van der Waals surface area contributed by atoms with Crippen molar-refractivity contribution >= 4 is 11.9 Å². The molecule has 5 heteroatoms. The molecule has 12 heavy (non-hydrogen) atoms. The fourth-order valence-electron chi connectivity index (χ4n) is 0.574. The van der Waals surface area contributed by atoms with Crippen molar-refractivity contribution in [1.82, 2.24) is 15.5 Å². The topological polar surface area (TPSA) is 61.4 Å². The van der Waals surface area contributed by atoms with Crippen LogP contribution in [0.15, 0.2) is 0 Å². The van der Waals surface area contributed by atoms with Crippen molar-refractivity contribution in [1.29, 1.82) is 0 Å². The van der Waals surface area contributed by atoms with E-state index >= 15 is 0 Å². The molecule has 0 aromatic carbocycles. The standard InChI is InChI=1S/C7H15N3O2/c1-4-8-6(11)5-9-7(12)10(2)3/h4-5H2,1-3H3,(H,8,11)(H,9,12). The largest absolute Gasteiger partial charge is 0.355 e. The van der Waals surface area contributed by atoms with E-state index in [4.69, 9.17) is 0 Å². The number of likely N-dealkylation sites (N-methyl/N-ethyl adjacent to an activating group) is 1. The Bertz CT molecular complexity index is 168. The average molecular weight is 173 g/mol. The SMILES string of the molecule is CCNC(=O)CNC(=O)N(C)C. The molecule has 0 aromatic rings. The number of nitrogens with zero attached hydrogens (tertiary/aromatic N) is 1. The maximum Gasteiger partial charge on any atom is 0.317 e. The lowest BCUT2D eigenvalue weighted by molar-refractivity contribution is -0.120. The monoisotopic (exact) mass is 173 g/mol. The van der Waals surface area contributed by atoms with Crippen LogP contribution < -0.4 is 10.6 Å². The first-order valence-electron chi connectivity index (χ1n) is 3.79. The summed E-state index contributed by atoms with van der Waals surface area (Å²) >= 11 is 0. The van der Waals surface area contributed by atoms with Crippen LogP contribution in [-0.2, 0) is 4.79 Å². The Morgan fingerprint density at radius 3 is 2.25 bits per heavy atom. The lowest BCUT2D eigenvalue weighted by atomic mass is 10.5. The molecule has 0 fully saturated rings. The lowest BCUT2D eigenvalue weighted by Crippen LogP contribution is -2.41. The Labute approximate surface area is 72.1 Å². The molecule has 0 aliphatic heterocycles. The molecule has 0 bridgehead atoms. The van der Waals surface area contributed by atoms with Gasteiger partial charge in [-0.25, -0.2) is 4.79 Å². The Morgan fingerprint density at radius 2 is 1.83 bits per heavy atom. The summed E-state index contributed by atoms with van der Waals surface area (Å²) in [7, 11) is 3.24. The van der Waals surface area contributed by atoms with Gasteiger partial charge >= 0.3 is 6.03 Å². The highest BCUT2D eigenvalue weighted by atomic mass is 16.2. The van der Waals surface area contributed by atoms with Crippen molar-refractivity contribution < 1.29 is 9.59 Å². The maximum absolute atomic E-state index is 10.9. The molecule has 0 heterocycles. The predicted molar refractivity (Wildman–Crippen MR) is 45.8 cm³/mol. The number of hydrogen-bond donors (Lipinski definition) is 2. The van der Waals surface area contributed by atoms with Gasteiger partial charge in [0.25, 0.3) is 0 Å². The minimum absolute atomic E-state index is 0.0326. The van der Waals surface area contributed by atoms with E-state index in [-0.39, 0.29) is 18.5 Å². The highest BCUT2D eigenvalue weighted by Gasteiger charge is 2.04. The summed E-state index contributed by atoms with van der Waals surface area (Å²) in [5.74, 6) is -0.173. The first-order chi connectivity index (χ1) is 5.57. The summed E-state index contributed by atoms with van der Waals surface area (Å²) in [6.07, 6.45) is 0. The molecule has 0 rings (SSSR count). The molecule has 0 aliphatic rings. The lowest BCUT2D eigenvalue weighted by Gasteiger charge is -2.11. The second kappa shape index (κ2) is 5.40. The first kappa shape index (κ1) is 10.7. The molecule has 0 saturated heterocycles. The summed E-state index contributed by atoms with van der Waals surface area (Å²) in [5.41, 5.74) is 0. The van der Waals surface area contributed by atoms with E-state index in [1.54, 1.807) is 14.1 Å². The van der Waals surface area contributed by atoms with Gasteiger partial charge in [-0.3, -0.25) is 4.79 Å². The second-order valence-corrected chi connectivity index (χ2v) is 2.51. The molecule has 0 unspecified atom stereocenters. The van der Waals surface area contributed by atoms with Crippen molar-refractivity contribution in [2.75, 3.05) is 27.2 Å². The molecule has 0 spiro atoms. The summed E-state index contributed by atoms with van der Waals surface area (Å²) in [6.45, 7) is 2.44. The number of amides is 3. The number of rotatable bonds is 3. The first-order valence-corrected chi connectivity index (χ1v) is 3.79. The van der Waals surface area contributed by atoms with Crippen molar-refractivity contribution in [2.24, 2.45) is 0 Å². The number of carbonyl (C=O) groups excluding carboxylic acids is 2. The van der Waals surface area contributed by atoms with Crippen molar-refractivity contribution in [3.8, 4) is 0 Å². The van der Waals surface area contributed by atoms with Gasteiger partial charge in [-0.15, -0.1) is 0 Å². The molecule has 2 N–H and O–H groups in total.